The number of likely N-dealkylation sites (tertiary alicyclic amines) is 1. The number of fused-ring (bicyclic) bond motifs is 1. The van der Waals surface area contributed by atoms with E-state index in [9.17, 15) is 18.0 Å². The van der Waals surface area contributed by atoms with E-state index < -0.39 is 17.2 Å². The summed E-state index contributed by atoms with van der Waals surface area (Å²) in [5.41, 5.74) is 0.933. The van der Waals surface area contributed by atoms with Gasteiger partial charge in [0, 0.05) is 30.0 Å². The Morgan fingerprint density at radius 3 is 2.29 bits per heavy atom. The van der Waals surface area contributed by atoms with E-state index in [0.29, 0.717) is 23.7 Å². The van der Waals surface area contributed by atoms with Gasteiger partial charge < -0.3 is 14.2 Å². The summed E-state index contributed by atoms with van der Waals surface area (Å²) in [6.45, 7) is 9.21. The van der Waals surface area contributed by atoms with Crippen LogP contribution in [0.5, 0.6) is 17.2 Å². The molecule has 0 aromatic heterocycles. The zero-order valence-corrected chi connectivity index (χ0v) is 24.9. The van der Waals surface area contributed by atoms with Crippen LogP contribution in [0.1, 0.15) is 67.7 Å². The molecule has 0 N–H and O–H groups in total. The third kappa shape index (κ3) is 7.39. The first kappa shape index (κ1) is 31.7. The van der Waals surface area contributed by atoms with Crippen LogP contribution in [0.3, 0.4) is 0 Å². The SMILES string of the molecule is CC(C)(C)C(=O)Oc1ccc2c(c1)OC[C@@H](c1cccc(C(F)(F)F)c1)[C@H]2c1ccc(OCCN2CCCC2)cc1.Cl. The smallest absolute Gasteiger partial charge is 0.416 e. The van der Waals surface area contributed by atoms with Crippen LogP contribution in [0.2, 0.25) is 0 Å². The number of hydrogen-bond donors (Lipinski definition) is 0. The highest BCUT2D eigenvalue weighted by Crippen LogP contribution is 2.48. The normalized spacial score (nSPS) is 18.9. The minimum Gasteiger partial charge on any atom is -0.492 e. The fourth-order valence-electron chi connectivity index (χ4n) is 5.43. The lowest BCUT2D eigenvalue weighted by molar-refractivity contribution is -0.143. The summed E-state index contributed by atoms with van der Waals surface area (Å²) in [5.74, 6) is 0.639. The molecule has 0 saturated carbocycles. The van der Waals surface area contributed by atoms with Gasteiger partial charge in [0.2, 0.25) is 0 Å². The first-order valence-electron chi connectivity index (χ1n) is 14.1. The van der Waals surface area contributed by atoms with Crippen LogP contribution < -0.4 is 14.2 Å². The number of alkyl halides is 3. The predicted octanol–water partition coefficient (Wildman–Crippen LogP) is 7.86. The lowest BCUT2D eigenvalue weighted by Crippen LogP contribution is -2.27. The van der Waals surface area contributed by atoms with Gasteiger partial charge in [-0.3, -0.25) is 9.69 Å². The van der Waals surface area contributed by atoms with Crippen LogP contribution in [-0.4, -0.2) is 43.7 Å². The molecular formula is C33H37ClF3NO4. The Balaban J connectivity index is 0.00000405. The van der Waals surface area contributed by atoms with Gasteiger partial charge in [0.25, 0.3) is 0 Å². The van der Waals surface area contributed by atoms with Crippen LogP contribution in [0.15, 0.2) is 66.7 Å². The summed E-state index contributed by atoms with van der Waals surface area (Å²) in [7, 11) is 0. The Hall–Kier alpha value is -3.23. The number of halogens is 4. The molecule has 0 aliphatic carbocycles. The fraction of sp³-hybridized carbons (Fsp3) is 0.424. The number of ether oxygens (including phenoxy) is 3. The molecule has 226 valence electrons. The molecule has 2 aliphatic heterocycles. The summed E-state index contributed by atoms with van der Waals surface area (Å²) in [6.07, 6.45) is -1.98. The van der Waals surface area contributed by atoms with E-state index in [-0.39, 0.29) is 36.8 Å². The van der Waals surface area contributed by atoms with E-state index in [2.05, 4.69) is 4.90 Å². The molecule has 42 heavy (non-hydrogen) atoms. The molecule has 0 unspecified atom stereocenters. The second-order valence-corrected chi connectivity index (χ2v) is 11.8. The van der Waals surface area contributed by atoms with Gasteiger partial charge in [-0.15, -0.1) is 12.4 Å². The molecule has 2 heterocycles. The van der Waals surface area contributed by atoms with Crippen molar-refractivity contribution in [2.24, 2.45) is 5.41 Å². The van der Waals surface area contributed by atoms with Gasteiger partial charge in [0.05, 0.1) is 17.6 Å². The summed E-state index contributed by atoms with van der Waals surface area (Å²) in [4.78, 5) is 14.8. The molecule has 0 radical (unpaired) electrons. The van der Waals surface area contributed by atoms with Crippen LogP contribution in [-0.2, 0) is 11.0 Å². The standard InChI is InChI=1S/C33H36F3NO4.ClH/c1-32(2,3)31(38)41-26-13-14-27-29(20-26)40-21-28(23-7-6-8-24(19-23)33(34,35)36)30(27)22-9-11-25(12-10-22)39-18-17-37-15-4-5-16-37;/h6-14,19-20,28,30H,4-5,15-18,21H2,1-3H3;1H/t28-,30-;/m0./s1. The average Bonchev–Trinajstić information content (AvgIpc) is 3.45. The maximum atomic E-state index is 13.6. The molecule has 0 bridgehead atoms. The largest absolute Gasteiger partial charge is 0.492 e. The molecule has 3 aromatic carbocycles. The highest BCUT2D eigenvalue weighted by atomic mass is 35.5. The summed E-state index contributed by atoms with van der Waals surface area (Å²) < 4.78 is 58.4. The van der Waals surface area contributed by atoms with Gasteiger partial charge in [0.1, 0.15) is 23.9 Å². The van der Waals surface area contributed by atoms with Crippen molar-refractivity contribution >= 4 is 18.4 Å². The number of esters is 1. The van der Waals surface area contributed by atoms with Crippen molar-refractivity contribution in [3.63, 3.8) is 0 Å². The molecule has 5 rings (SSSR count). The number of rotatable bonds is 7. The first-order valence-corrected chi connectivity index (χ1v) is 14.1. The lowest BCUT2D eigenvalue weighted by Gasteiger charge is -2.35. The Labute approximate surface area is 251 Å². The van der Waals surface area contributed by atoms with E-state index in [1.807, 2.05) is 30.3 Å². The zero-order valence-electron chi connectivity index (χ0n) is 24.1. The number of carbonyl (C=O) groups is 1. The van der Waals surface area contributed by atoms with Crippen molar-refractivity contribution in [1.82, 2.24) is 4.90 Å². The minimum absolute atomic E-state index is 0. The molecule has 1 fully saturated rings. The van der Waals surface area contributed by atoms with Crippen molar-refractivity contribution in [3.05, 3.63) is 89.0 Å². The van der Waals surface area contributed by atoms with Gasteiger partial charge in [-0.05, 0) is 82.1 Å². The van der Waals surface area contributed by atoms with Gasteiger partial charge >= 0.3 is 12.1 Å². The van der Waals surface area contributed by atoms with E-state index >= 15 is 0 Å². The third-order valence-electron chi connectivity index (χ3n) is 7.72. The van der Waals surface area contributed by atoms with Gasteiger partial charge in [0.15, 0.2) is 0 Å². The third-order valence-corrected chi connectivity index (χ3v) is 7.72. The second-order valence-electron chi connectivity index (χ2n) is 11.8. The maximum Gasteiger partial charge on any atom is 0.416 e. The Morgan fingerprint density at radius 1 is 0.929 bits per heavy atom. The number of hydrogen-bond acceptors (Lipinski definition) is 5. The highest BCUT2D eigenvalue weighted by molar-refractivity contribution is 5.85. The highest BCUT2D eigenvalue weighted by Gasteiger charge is 2.36. The van der Waals surface area contributed by atoms with E-state index in [1.54, 1.807) is 39.0 Å². The molecule has 0 spiro atoms. The van der Waals surface area contributed by atoms with Crippen molar-refractivity contribution in [2.45, 2.75) is 51.6 Å². The number of carbonyl (C=O) groups excluding carboxylic acids is 1. The van der Waals surface area contributed by atoms with Crippen molar-refractivity contribution in [2.75, 3.05) is 32.8 Å². The zero-order chi connectivity index (χ0) is 29.2. The molecule has 3 aromatic rings. The maximum absolute atomic E-state index is 13.6. The minimum atomic E-state index is -4.45. The summed E-state index contributed by atoms with van der Waals surface area (Å²) in [6, 6.07) is 18.5. The number of nitrogens with zero attached hydrogens (tertiary/aromatic N) is 1. The summed E-state index contributed by atoms with van der Waals surface area (Å²) >= 11 is 0. The monoisotopic (exact) mass is 603 g/mol. The molecule has 9 heteroatoms. The topological polar surface area (TPSA) is 48.0 Å². The molecule has 2 atom stereocenters. The van der Waals surface area contributed by atoms with Crippen molar-refractivity contribution in [3.8, 4) is 17.2 Å². The molecule has 2 aliphatic rings. The molecule has 5 nitrogen and oxygen atoms in total. The molecule has 0 amide bonds. The van der Waals surface area contributed by atoms with Crippen molar-refractivity contribution < 1.29 is 32.2 Å². The Morgan fingerprint density at radius 2 is 1.62 bits per heavy atom. The van der Waals surface area contributed by atoms with E-state index in [1.165, 1.54) is 25.0 Å². The molecule has 1 saturated heterocycles. The van der Waals surface area contributed by atoms with Crippen LogP contribution in [0.25, 0.3) is 0 Å². The Kier molecular flexibility index (Phi) is 9.78. The lowest BCUT2D eigenvalue weighted by atomic mass is 9.75. The predicted molar refractivity (Wildman–Crippen MR) is 158 cm³/mol. The summed E-state index contributed by atoms with van der Waals surface area (Å²) in [5, 5.41) is 0. The van der Waals surface area contributed by atoms with E-state index in [0.717, 1.165) is 42.6 Å². The number of benzene rings is 3. The van der Waals surface area contributed by atoms with Crippen molar-refractivity contribution in [1.29, 1.82) is 0 Å². The van der Waals surface area contributed by atoms with Crippen LogP contribution in [0, 0.1) is 5.41 Å². The second kappa shape index (κ2) is 13.0. The van der Waals surface area contributed by atoms with E-state index in [4.69, 9.17) is 14.2 Å². The fourth-order valence-corrected chi connectivity index (χ4v) is 5.43. The van der Waals surface area contributed by atoms with Gasteiger partial charge in [-0.25, -0.2) is 0 Å². The quantitative estimate of drug-likeness (QED) is 0.203. The Bertz CT molecular complexity index is 1360. The van der Waals surface area contributed by atoms with Crippen LogP contribution in [0.4, 0.5) is 13.2 Å². The molecular weight excluding hydrogens is 567 g/mol. The average molecular weight is 604 g/mol. The van der Waals surface area contributed by atoms with Gasteiger partial charge in [-0.1, -0.05) is 36.4 Å². The van der Waals surface area contributed by atoms with Crippen LogP contribution >= 0.6 is 12.4 Å². The first-order chi connectivity index (χ1) is 19.5. The van der Waals surface area contributed by atoms with Gasteiger partial charge in [-0.2, -0.15) is 13.2 Å².